The minimum absolute atomic E-state index is 0.0631. The summed E-state index contributed by atoms with van der Waals surface area (Å²) in [4.78, 5) is 13.4. The van der Waals surface area contributed by atoms with Gasteiger partial charge in [-0.3, -0.25) is 4.79 Å². The zero-order chi connectivity index (χ0) is 29.3. The molecule has 42 heavy (non-hydrogen) atoms. The van der Waals surface area contributed by atoms with Gasteiger partial charge in [0, 0.05) is 17.4 Å². The highest BCUT2D eigenvalue weighted by Crippen LogP contribution is 2.56. The summed E-state index contributed by atoms with van der Waals surface area (Å²) < 4.78 is 52.3. The van der Waals surface area contributed by atoms with Crippen LogP contribution in [0.25, 0.3) is 0 Å². The van der Waals surface area contributed by atoms with Crippen LogP contribution in [0, 0.1) is 18.8 Å². The van der Waals surface area contributed by atoms with Crippen LogP contribution in [0.1, 0.15) is 41.2 Å². The number of benzene rings is 2. The first kappa shape index (κ1) is 27.7. The van der Waals surface area contributed by atoms with Crippen LogP contribution in [0.15, 0.2) is 24.3 Å². The van der Waals surface area contributed by atoms with Crippen LogP contribution in [0.5, 0.6) is 23.0 Å². The third-order valence-electron chi connectivity index (χ3n) is 9.02. The van der Waals surface area contributed by atoms with E-state index in [-0.39, 0.29) is 26.0 Å². The summed E-state index contributed by atoms with van der Waals surface area (Å²) in [5.41, 5.74) is 3.15. The molecule has 226 valence electrons. The third kappa shape index (κ3) is 4.31. The van der Waals surface area contributed by atoms with Crippen LogP contribution in [-0.4, -0.2) is 87.4 Å². The Kier molecular flexibility index (Phi) is 6.95. The molecule has 2 aromatic rings. The van der Waals surface area contributed by atoms with Gasteiger partial charge in [-0.2, -0.15) is 0 Å². The zero-order valence-corrected chi connectivity index (χ0v) is 23.7. The number of cyclic esters (lactones) is 1. The van der Waals surface area contributed by atoms with E-state index in [9.17, 15) is 15.0 Å². The van der Waals surface area contributed by atoms with Gasteiger partial charge in [-0.1, -0.05) is 0 Å². The number of carbonyl (C=O) groups is 1. The van der Waals surface area contributed by atoms with Gasteiger partial charge < -0.3 is 52.8 Å². The Labute approximate surface area is 242 Å². The average Bonchev–Trinajstić information content (AvgIpc) is 3.61. The Morgan fingerprint density at radius 2 is 1.57 bits per heavy atom. The Balaban J connectivity index is 1.32. The van der Waals surface area contributed by atoms with E-state index in [4.69, 9.17) is 42.6 Å². The van der Waals surface area contributed by atoms with Crippen molar-refractivity contribution in [3.8, 4) is 23.0 Å². The molecule has 0 aromatic heterocycles. The maximum Gasteiger partial charge on any atom is 0.310 e. The molecule has 5 aliphatic rings. The quantitative estimate of drug-likeness (QED) is 0.495. The highest BCUT2D eigenvalue weighted by atomic mass is 16.8. The Bertz CT molecular complexity index is 1350. The molecular weight excluding hydrogens is 552 g/mol. The normalized spacial score (nSPS) is 36.5. The van der Waals surface area contributed by atoms with Crippen molar-refractivity contribution in [2.24, 2.45) is 11.8 Å². The van der Waals surface area contributed by atoms with E-state index in [1.54, 1.807) is 21.1 Å². The van der Waals surface area contributed by atoms with Crippen molar-refractivity contribution in [2.75, 3.05) is 34.2 Å². The molecule has 0 bridgehead atoms. The van der Waals surface area contributed by atoms with Gasteiger partial charge in [-0.05, 0) is 54.8 Å². The molecule has 3 saturated heterocycles. The SMILES string of the molecule is COc1cc([C@@H]2c3cc4c(cc3[C@@H](O[C@@H]3O[C@@H]5CO[C@@H](C)O[C@H]5[C@H](O)[C@H]3O)[C@H]3COC(=O)[C@H]23)OCO4)cc(OC)c1C. The molecule has 3 fully saturated rings. The Morgan fingerprint density at radius 3 is 2.26 bits per heavy atom. The molecule has 0 spiro atoms. The van der Waals surface area contributed by atoms with Crippen LogP contribution in [-0.2, 0) is 28.5 Å². The summed E-state index contributed by atoms with van der Waals surface area (Å²) in [6.07, 6.45) is -6.60. The van der Waals surface area contributed by atoms with Crippen molar-refractivity contribution in [3.63, 3.8) is 0 Å². The molecule has 1 aliphatic carbocycles. The summed E-state index contributed by atoms with van der Waals surface area (Å²) in [5, 5.41) is 22.0. The highest BCUT2D eigenvalue weighted by Gasteiger charge is 2.56. The van der Waals surface area contributed by atoms with Gasteiger partial charge >= 0.3 is 5.97 Å². The van der Waals surface area contributed by atoms with Gasteiger partial charge in [0.25, 0.3) is 0 Å². The van der Waals surface area contributed by atoms with Crippen LogP contribution in [0.4, 0.5) is 0 Å². The number of rotatable bonds is 5. The van der Waals surface area contributed by atoms with Crippen LogP contribution in [0.3, 0.4) is 0 Å². The van der Waals surface area contributed by atoms with Crippen LogP contribution < -0.4 is 18.9 Å². The second-order valence-electron chi connectivity index (χ2n) is 11.3. The molecule has 0 radical (unpaired) electrons. The average molecular weight is 587 g/mol. The van der Waals surface area contributed by atoms with Crippen molar-refractivity contribution in [1.29, 1.82) is 0 Å². The fourth-order valence-electron chi connectivity index (χ4n) is 6.93. The lowest BCUT2D eigenvalue weighted by Crippen LogP contribution is -2.63. The topological polar surface area (TPSA) is 141 Å². The second kappa shape index (κ2) is 10.5. The molecule has 4 heterocycles. The number of hydrogen-bond acceptors (Lipinski definition) is 12. The first-order chi connectivity index (χ1) is 20.3. The molecule has 10 atom stereocenters. The smallest absolute Gasteiger partial charge is 0.310 e. The maximum absolute atomic E-state index is 13.4. The number of hydrogen-bond donors (Lipinski definition) is 2. The zero-order valence-electron chi connectivity index (χ0n) is 23.7. The highest BCUT2D eigenvalue weighted by molar-refractivity contribution is 5.79. The monoisotopic (exact) mass is 586 g/mol. The number of fused-ring (bicyclic) bond motifs is 4. The van der Waals surface area contributed by atoms with E-state index in [0.29, 0.717) is 23.0 Å². The molecule has 12 nitrogen and oxygen atoms in total. The van der Waals surface area contributed by atoms with Gasteiger partial charge in [0.15, 0.2) is 24.1 Å². The summed E-state index contributed by atoms with van der Waals surface area (Å²) in [6.45, 7) is 3.95. The minimum atomic E-state index is -1.41. The largest absolute Gasteiger partial charge is 0.496 e. The summed E-state index contributed by atoms with van der Waals surface area (Å²) in [7, 11) is 3.18. The Hall–Kier alpha value is -3.13. The molecule has 0 unspecified atom stereocenters. The van der Waals surface area contributed by atoms with E-state index >= 15 is 0 Å². The van der Waals surface area contributed by atoms with Crippen molar-refractivity contribution >= 4 is 5.97 Å². The first-order valence-corrected chi connectivity index (χ1v) is 14.1. The third-order valence-corrected chi connectivity index (χ3v) is 9.02. The molecule has 0 saturated carbocycles. The van der Waals surface area contributed by atoms with E-state index in [1.807, 2.05) is 31.2 Å². The van der Waals surface area contributed by atoms with Crippen LogP contribution in [0.2, 0.25) is 0 Å². The Morgan fingerprint density at radius 1 is 0.881 bits per heavy atom. The maximum atomic E-state index is 13.4. The van der Waals surface area contributed by atoms with Gasteiger partial charge in [0.1, 0.15) is 35.9 Å². The lowest BCUT2D eigenvalue weighted by atomic mass is 9.66. The number of aliphatic hydroxyl groups is 2. The summed E-state index contributed by atoms with van der Waals surface area (Å²) in [5.74, 6) is 0.435. The molecule has 7 rings (SSSR count). The summed E-state index contributed by atoms with van der Waals surface area (Å²) >= 11 is 0. The number of ether oxygens (including phenoxy) is 9. The lowest BCUT2D eigenvalue weighted by molar-refractivity contribution is -0.364. The van der Waals surface area contributed by atoms with Crippen molar-refractivity contribution in [3.05, 3.63) is 46.5 Å². The molecule has 4 aliphatic heterocycles. The van der Waals surface area contributed by atoms with E-state index < -0.39 is 60.9 Å². The van der Waals surface area contributed by atoms with E-state index in [1.165, 1.54) is 0 Å². The van der Waals surface area contributed by atoms with Gasteiger partial charge in [0.2, 0.25) is 6.79 Å². The number of aliphatic hydroxyl groups excluding tert-OH is 2. The first-order valence-electron chi connectivity index (χ1n) is 14.1. The molecular formula is C30H34O12. The molecule has 2 N–H and O–H groups in total. The van der Waals surface area contributed by atoms with Gasteiger partial charge in [0.05, 0.1) is 39.5 Å². The molecule has 2 aromatic carbocycles. The fourth-order valence-corrected chi connectivity index (χ4v) is 6.93. The van der Waals surface area contributed by atoms with Gasteiger partial charge in [-0.25, -0.2) is 0 Å². The van der Waals surface area contributed by atoms with Crippen molar-refractivity contribution in [2.45, 2.75) is 62.9 Å². The van der Waals surface area contributed by atoms with Crippen LogP contribution >= 0.6 is 0 Å². The number of methoxy groups -OCH3 is 2. The summed E-state index contributed by atoms with van der Waals surface area (Å²) in [6, 6.07) is 7.54. The van der Waals surface area contributed by atoms with Gasteiger partial charge in [-0.15, -0.1) is 0 Å². The van der Waals surface area contributed by atoms with Crippen molar-refractivity contribution in [1.82, 2.24) is 0 Å². The predicted octanol–water partition coefficient (Wildman–Crippen LogP) is 1.94. The lowest BCUT2D eigenvalue weighted by Gasteiger charge is -2.47. The number of carbonyl (C=O) groups excluding carboxylic acids is 1. The molecule has 0 amide bonds. The number of esters is 1. The predicted molar refractivity (Wildman–Crippen MR) is 141 cm³/mol. The van der Waals surface area contributed by atoms with E-state index in [2.05, 4.69) is 0 Å². The molecule has 12 heteroatoms. The fraction of sp³-hybridized carbons (Fsp3) is 0.567. The van der Waals surface area contributed by atoms with Crippen molar-refractivity contribution < 1.29 is 57.6 Å². The second-order valence-corrected chi connectivity index (χ2v) is 11.3. The van der Waals surface area contributed by atoms with E-state index in [0.717, 1.165) is 22.3 Å². The standard InChI is InChI=1S/C30H34O12/c1-12-18(34-3)5-14(6-19(12)35-4)23-15-7-20-21(39-11-38-20)8-16(15)27(17-9-37-29(33)24(17)23)42-30-26(32)25(31)28-22(41-30)10-36-13(2)40-28/h5-8,13,17,22-28,30-32H,9-11H2,1-4H3/t13-,17+,22-,23-,24+,25-,26-,27-,28-,30+/m1/s1. The minimum Gasteiger partial charge on any atom is -0.496 e.